The average Bonchev–Trinajstić information content (AvgIpc) is 2.46. The normalized spacial score (nSPS) is 11.9. The molecule has 2 rings (SSSR count). The number of phenols is 1. The summed E-state index contributed by atoms with van der Waals surface area (Å²) in [6, 6.07) is 13.9. The van der Waals surface area contributed by atoms with Crippen molar-refractivity contribution in [1.29, 1.82) is 0 Å². The van der Waals surface area contributed by atoms with E-state index in [1.54, 1.807) is 31.4 Å². The molecule has 19 heavy (non-hydrogen) atoms. The standard InChI is InChI=1S/C15H17NO3/c1-18-14-4-2-3-11(9-14)15(16)10-19-13-7-5-12(17)6-8-13/h2-9,15,17H,10,16H2,1H3. The maximum atomic E-state index is 9.18. The second-order valence-corrected chi connectivity index (χ2v) is 4.19. The molecule has 1 atom stereocenters. The van der Waals surface area contributed by atoms with Crippen molar-refractivity contribution in [3.63, 3.8) is 0 Å². The van der Waals surface area contributed by atoms with Gasteiger partial charge in [0.15, 0.2) is 0 Å². The summed E-state index contributed by atoms with van der Waals surface area (Å²) in [5, 5.41) is 9.18. The Labute approximate surface area is 112 Å². The van der Waals surface area contributed by atoms with Crippen LogP contribution in [-0.4, -0.2) is 18.8 Å². The molecule has 4 heteroatoms. The van der Waals surface area contributed by atoms with Crippen molar-refractivity contribution in [2.45, 2.75) is 6.04 Å². The van der Waals surface area contributed by atoms with Gasteiger partial charge in [0, 0.05) is 0 Å². The molecule has 0 bridgehead atoms. The molecule has 1 unspecified atom stereocenters. The lowest BCUT2D eigenvalue weighted by Crippen LogP contribution is -2.18. The summed E-state index contributed by atoms with van der Waals surface area (Å²) >= 11 is 0. The summed E-state index contributed by atoms with van der Waals surface area (Å²) in [6.07, 6.45) is 0. The molecule has 0 aliphatic heterocycles. The lowest BCUT2D eigenvalue weighted by atomic mass is 10.1. The minimum absolute atomic E-state index is 0.212. The molecule has 2 aromatic carbocycles. The molecule has 0 spiro atoms. The van der Waals surface area contributed by atoms with Crippen molar-refractivity contribution < 1.29 is 14.6 Å². The van der Waals surface area contributed by atoms with Crippen LogP contribution in [0.15, 0.2) is 48.5 Å². The number of phenolic OH excluding ortho intramolecular Hbond substituents is 1. The second-order valence-electron chi connectivity index (χ2n) is 4.19. The van der Waals surface area contributed by atoms with Crippen LogP contribution >= 0.6 is 0 Å². The van der Waals surface area contributed by atoms with Crippen LogP contribution in [0.25, 0.3) is 0 Å². The van der Waals surface area contributed by atoms with Gasteiger partial charge in [-0.1, -0.05) is 12.1 Å². The van der Waals surface area contributed by atoms with Crippen molar-refractivity contribution in [1.82, 2.24) is 0 Å². The highest BCUT2D eigenvalue weighted by Gasteiger charge is 2.08. The van der Waals surface area contributed by atoms with Crippen LogP contribution in [0.2, 0.25) is 0 Å². The monoisotopic (exact) mass is 259 g/mol. The first kappa shape index (κ1) is 13.2. The van der Waals surface area contributed by atoms with Gasteiger partial charge in [0.1, 0.15) is 23.9 Å². The van der Waals surface area contributed by atoms with Gasteiger partial charge >= 0.3 is 0 Å². The lowest BCUT2D eigenvalue weighted by Gasteiger charge is -2.14. The maximum Gasteiger partial charge on any atom is 0.119 e. The van der Waals surface area contributed by atoms with Gasteiger partial charge in [0.2, 0.25) is 0 Å². The van der Waals surface area contributed by atoms with E-state index < -0.39 is 0 Å². The maximum absolute atomic E-state index is 9.18. The van der Waals surface area contributed by atoms with Crippen molar-refractivity contribution >= 4 is 0 Å². The van der Waals surface area contributed by atoms with E-state index in [1.807, 2.05) is 24.3 Å². The first-order chi connectivity index (χ1) is 9.19. The fraction of sp³-hybridized carbons (Fsp3) is 0.200. The number of aromatic hydroxyl groups is 1. The zero-order valence-electron chi connectivity index (χ0n) is 10.7. The van der Waals surface area contributed by atoms with E-state index in [2.05, 4.69) is 0 Å². The number of methoxy groups -OCH3 is 1. The minimum Gasteiger partial charge on any atom is -0.508 e. The summed E-state index contributed by atoms with van der Waals surface area (Å²) in [5.74, 6) is 1.66. The van der Waals surface area contributed by atoms with Gasteiger partial charge < -0.3 is 20.3 Å². The van der Waals surface area contributed by atoms with E-state index in [0.717, 1.165) is 11.3 Å². The molecular weight excluding hydrogens is 242 g/mol. The van der Waals surface area contributed by atoms with Crippen molar-refractivity contribution in [3.8, 4) is 17.2 Å². The van der Waals surface area contributed by atoms with E-state index in [1.165, 1.54) is 0 Å². The highest BCUT2D eigenvalue weighted by molar-refractivity contribution is 5.32. The van der Waals surface area contributed by atoms with Crippen LogP contribution < -0.4 is 15.2 Å². The number of benzene rings is 2. The number of nitrogens with two attached hydrogens (primary N) is 1. The van der Waals surface area contributed by atoms with E-state index in [-0.39, 0.29) is 11.8 Å². The van der Waals surface area contributed by atoms with E-state index >= 15 is 0 Å². The predicted molar refractivity (Wildman–Crippen MR) is 73.5 cm³/mol. The van der Waals surface area contributed by atoms with Crippen LogP contribution in [0.1, 0.15) is 11.6 Å². The zero-order valence-corrected chi connectivity index (χ0v) is 10.7. The third-order valence-electron chi connectivity index (χ3n) is 2.79. The Hall–Kier alpha value is -2.20. The number of rotatable bonds is 5. The minimum atomic E-state index is -0.232. The molecule has 4 nitrogen and oxygen atoms in total. The average molecular weight is 259 g/mol. The van der Waals surface area contributed by atoms with Gasteiger partial charge in [-0.3, -0.25) is 0 Å². The van der Waals surface area contributed by atoms with Gasteiger partial charge in [-0.15, -0.1) is 0 Å². The molecule has 0 heterocycles. The van der Waals surface area contributed by atoms with Crippen molar-refractivity contribution in [3.05, 3.63) is 54.1 Å². The van der Waals surface area contributed by atoms with Crippen molar-refractivity contribution in [2.24, 2.45) is 5.73 Å². The van der Waals surface area contributed by atoms with E-state index in [4.69, 9.17) is 15.2 Å². The van der Waals surface area contributed by atoms with Crippen LogP contribution in [0, 0.1) is 0 Å². The Morgan fingerprint density at radius 3 is 2.53 bits per heavy atom. The Morgan fingerprint density at radius 2 is 1.84 bits per heavy atom. The largest absolute Gasteiger partial charge is 0.508 e. The summed E-state index contributed by atoms with van der Waals surface area (Å²) in [5.41, 5.74) is 7.02. The lowest BCUT2D eigenvalue weighted by molar-refractivity contribution is 0.290. The molecule has 0 aromatic heterocycles. The molecule has 0 aliphatic rings. The first-order valence-electron chi connectivity index (χ1n) is 6.00. The fourth-order valence-electron chi connectivity index (χ4n) is 1.70. The molecule has 100 valence electrons. The van der Waals surface area contributed by atoms with Gasteiger partial charge in [0.25, 0.3) is 0 Å². The summed E-state index contributed by atoms with van der Waals surface area (Å²) in [6.45, 7) is 0.359. The second kappa shape index (κ2) is 6.11. The molecule has 2 aromatic rings. The van der Waals surface area contributed by atoms with Crippen LogP contribution in [0.3, 0.4) is 0 Å². The molecule has 0 saturated carbocycles. The first-order valence-corrected chi connectivity index (χ1v) is 6.00. The summed E-state index contributed by atoms with van der Waals surface area (Å²) < 4.78 is 10.7. The quantitative estimate of drug-likeness (QED) is 0.865. The van der Waals surface area contributed by atoms with Gasteiger partial charge in [0.05, 0.1) is 13.2 Å². The molecular formula is C15H17NO3. The molecule has 3 N–H and O–H groups in total. The van der Waals surface area contributed by atoms with Crippen LogP contribution in [-0.2, 0) is 0 Å². The smallest absolute Gasteiger partial charge is 0.119 e. The number of hydrogen-bond donors (Lipinski definition) is 2. The van der Waals surface area contributed by atoms with Crippen molar-refractivity contribution in [2.75, 3.05) is 13.7 Å². The van der Waals surface area contributed by atoms with E-state index in [9.17, 15) is 5.11 Å². The summed E-state index contributed by atoms with van der Waals surface area (Å²) in [4.78, 5) is 0. The number of ether oxygens (including phenoxy) is 2. The Morgan fingerprint density at radius 1 is 1.11 bits per heavy atom. The molecule has 0 aliphatic carbocycles. The number of hydrogen-bond acceptors (Lipinski definition) is 4. The summed E-state index contributed by atoms with van der Waals surface area (Å²) in [7, 11) is 1.62. The Bertz CT molecular complexity index is 525. The highest BCUT2D eigenvalue weighted by atomic mass is 16.5. The van der Waals surface area contributed by atoms with Gasteiger partial charge in [-0.05, 0) is 42.0 Å². The van der Waals surface area contributed by atoms with E-state index in [0.29, 0.717) is 12.4 Å². The Kier molecular flexibility index (Phi) is 4.26. The third-order valence-corrected chi connectivity index (χ3v) is 2.79. The molecule has 0 amide bonds. The molecule has 0 fully saturated rings. The third kappa shape index (κ3) is 3.63. The van der Waals surface area contributed by atoms with Gasteiger partial charge in [-0.2, -0.15) is 0 Å². The Balaban J connectivity index is 1.96. The van der Waals surface area contributed by atoms with Crippen LogP contribution in [0.5, 0.6) is 17.2 Å². The zero-order chi connectivity index (χ0) is 13.7. The molecule has 0 radical (unpaired) electrons. The SMILES string of the molecule is COc1cccc(C(N)COc2ccc(O)cc2)c1. The topological polar surface area (TPSA) is 64.7 Å². The van der Waals surface area contributed by atoms with Crippen LogP contribution in [0.4, 0.5) is 0 Å². The predicted octanol–water partition coefficient (Wildman–Crippen LogP) is 2.48. The highest BCUT2D eigenvalue weighted by Crippen LogP contribution is 2.20. The van der Waals surface area contributed by atoms with Gasteiger partial charge in [-0.25, -0.2) is 0 Å². The molecule has 0 saturated heterocycles. The fourth-order valence-corrected chi connectivity index (χ4v) is 1.70.